The fraction of sp³-hybridized carbons (Fsp3) is 0.100. The van der Waals surface area contributed by atoms with Crippen molar-refractivity contribution in [2.24, 2.45) is 0 Å². The van der Waals surface area contributed by atoms with Crippen LogP contribution < -0.4 is 0 Å². The first kappa shape index (κ1) is 27.4. The van der Waals surface area contributed by atoms with E-state index >= 15 is 0 Å². The molecule has 43 heavy (non-hydrogen) atoms. The summed E-state index contributed by atoms with van der Waals surface area (Å²) in [7, 11) is 4.73. The summed E-state index contributed by atoms with van der Waals surface area (Å²) in [6, 6.07) is 59.6. The van der Waals surface area contributed by atoms with E-state index in [2.05, 4.69) is 176 Å². The second-order valence-corrected chi connectivity index (χ2v) is 35.8. The molecule has 208 valence electrons. The van der Waals surface area contributed by atoms with Crippen LogP contribution in [-0.4, -0.2) is 15.6 Å². The molecule has 3 heteroatoms. The Kier molecular flexibility index (Phi) is 7.46. The maximum atomic E-state index is 2.45. The molecule has 0 unspecified atom stereocenters. The average Bonchev–Trinajstić information content (AvgIpc) is 3.60. The standard InChI is InChI=1S/2C13H9.2C7H8S.Sn/c2*1-3-7-12-10(5-1)9-11-6-2-4-8-13(11)12;2*8-6-7-4-2-1-3-5-7;/h2*1-9H;2*1-5,8H,6H2;/q;;;;+2/p-2. The SMILES string of the molecule is c1ccc(C[S][Sn]([S]Cc2ccccc2)([CH]2c3ccccc3-c3ccccc32)[CH]2c3ccccc3-c3ccccc32)cc1. The van der Waals surface area contributed by atoms with E-state index in [1.165, 1.54) is 33.4 Å². The van der Waals surface area contributed by atoms with Gasteiger partial charge in [0.25, 0.3) is 0 Å². The molecular weight excluding hydrogens is 663 g/mol. The second kappa shape index (κ2) is 11.7. The van der Waals surface area contributed by atoms with Gasteiger partial charge in [-0.2, -0.15) is 0 Å². The molecule has 0 saturated heterocycles. The molecule has 0 aliphatic heterocycles. The molecule has 6 aromatic rings. The van der Waals surface area contributed by atoms with Crippen LogP contribution in [0, 0.1) is 0 Å². The van der Waals surface area contributed by atoms with Crippen LogP contribution in [0.5, 0.6) is 0 Å². The van der Waals surface area contributed by atoms with Crippen molar-refractivity contribution in [3.05, 3.63) is 191 Å². The van der Waals surface area contributed by atoms with Gasteiger partial charge in [-0.15, -0.1) is 0 Å². The summed E-state index contributed by atoms with van der Waals surface area (Å²) in [5, 5.41) is 0. The fourth-order valence-electron chi connectivity index (χ4n) is 7.26. The van der Waals surface area contributed by atoms with Gasteiger partial charge >= 0.3 is 266 Å². The van der Waals surface area contributed by atoms with Crippen molar-refractivity contribution in [2.45, 2.75) is 19.4 Å². The van der Waals surface area contributed by atoms with Crippen LogP contribution in [0.1, 0.15) is 41.2 Å². The van der Waals surface area contributed by atoms with Crippen molar-refractivity contribution in [1.82, 2.24) is 0 Å². The predicted molar refractivity (Wildman–Crippen MR) is 189 cm³/mol. The molecular formula is C40H32S2Sn. The number of fused-ring (bicyclic) bond motifs is 6. The molecule has 2 aliphatic carbocycles. The summed E-state index contributed by atoms with van der Waals surface area (Å²) in [6.45, 7) is 0. The van der Waals surface area contributed by atoms with E-state index in [1.807, 2.05) is 0 Å². The number of hydrogen-bond donors (Lipinski definition) is 0. The van der Waals surface area contributed by atoms with Crippen molar-refractivity contribution in [3.63, 3.8) is 0 Å². The first-order valence-corrected chi connectivity index (χ1v) is 27.3. The van der Waals surface area contributed by atoms with E-state index in [9.17, 15) is 0 Å². The monoisotopic (exact) mass is 696 g/mol. The van der Waals surface area contributed by atoms with Gasteiger partial charge < -0.3 is 0 Å². The van der Waals surface area contributed by atoms with Crippen molar-refractivity contribution in [1.29, 1.82) is 0 Å². The predicted octanol–water partition coefficient (Wildman–Crippen LogP) is 11.0. The van der Waals surface area contributed by atoms with Crippen molar-refractivity contribution in [3.8, 4) is 22.3 Å². The van der Waals surface area contributed by atoms with Gasteiger partial charge in [-0.3, -0.25) is 0 Å². The van der Waals surface area contributed by atoms with E-state index < -0.39 is 15.6 Å². The average molecular weight is 696 g/mol. The number of hydrogen-bond acceptors (Lipinski definition) is 2. The molecule has 0 fully saturated rings. The molecule has 0 saturated carbocycles. The molecule has 0 aromatic heterocycles. The Morgan fingerprint density at radius 1 is 0.349 bits per heavy atom. The van der Waals surface area contributed by atoms with Gasteiger partial charge in [0.15, 0.2) is 0 Å². The Morgan fingerprint density at radius 3 is 0.953 bits per heavy atom. The van der Waals surface area contributed by atoms with Gasteiger partial charge in [-0.1, -0.05) is 0 Å². The van der Waals surface area contributed by atoms with Crippen LogP contribution in [0.2, 0.25) is 0 Å². The van der Waals surface area contributed by atoms with Gasteiger partial charge in [0.1, 0.15) is 0 Å². The van der Waals surface area contributed by atoms with E-state index in [4.69, 9.17) is 0 Å². The molecule has 6 aromatic carbocycles. The Balaban J connectivity index is 1.40. The maximum absolute atomic E-state index is 3.61. The van der Waals surface area contributed by atoms with Crippen molar-refractivity contribution >= 4 is 33.5 Å². The minimum absolute atomic E-state index is 0.424. The first-order chi connectivity index (χ1) is 21.3. The van der Waals surface area contributed by atoms with E-state index in [0.29, 0.717) is 7.87 Å². The molecule has 2 aliphatic rings. The molecule has 0 spiro atoms. The summed E-state index contributed by atoms with van der Waals surface area (Å²) in [4.78, 5) is 0. The quantitative estimate of drug-likeness (QED) is 0.145. The van der Waals surface area contributed by atoms with Crippen molar-refractivity contribution in [2.75, 3.05) is 0 Å². The Bertz CT molecular complexity index is 1670. The van der Waals surface area contributed by atoms with Crippen LogP contribution >= 0.6 is 17.9 Å². The molecule has 0 heterocycles. The molecule has 0 radical (unpaired) electrons. The Labute approximate surface area is 264 Å². The van der Waals surface area contributed by atoms with Gasteiger partial charge in [0.2, 0.25) is 0 Å². The van der Waals surface area contributed by atoms with Gasteiger partial charge in [-0.05, 0) is 0 Å². The fourth-order valence-corrected chi connectivity index (χ4v) is 42.0. The topological polar surface area (TPSA) is 0 Å². The van der Waals surface area contributed by atoms with Crippen LogP contribution in [0.4, 0.5) is 0 Å². The summed E-state index contributed by atoms with van der Waals surface area (Å²) >= 11 is -3.61. The zero-order valence-electron chi connectivity index (χ0n) is 23.9. The third-order valence-electron chi connectivity index (χ3n) is 9.09. The zero-order chi connectivity index (χ0) is 28.6. The normalized spacial score (nSPS) is 13.8. The van der Waals surface area contributed by atoms with Crippen molar-refractivity contribution < 1.29 is 0 Å². The molecule has 0 nitrogen and oxygen atoms in total. The van der Waals surface area contributed by atoms with Gasteiger partial charge in [0.05, 0.1) is 0 Å². The van der Waals surface area contributed by atoms with E-state index in [-0.39, 0.29) is 0 Å². The molecule has 0 atom stereocenters. The number of rotatable bonds is 8. The molecule has 0 N–H and O–H groups in total. The van der Waals surface area contributed by atoms with Crippen LogP contribution in [0.25, 0.3) is 22.3 Å². The first-order valence-electron chi connectivity index (χ1n) is 15.1. The number of benzene rings is 6. The van der Waals surface area contributed by atoms with Crippen LogP contribution in [0.15, 0.2) is 158 Å². The van der Waals surface area contributed by atoms with Gasteiger partial charge in [-0.25, -0.2) is 0 Å². The minimum atomic E-state index is -3.61. The van der Waals surface area contributed by atoms with Crippen LogP contribution in [0.3, 0.4) is 0 Å². The molecule has 0 amide bonds. The van der Waals surface area contributed by atoms with Crippen LogP contribution in [-0.2, 0) is 11.5 Å². The molecule has 8 rings (SSSR count). The van der Waals surface area contributed by atoms with E-state index in [1.54, 1.807) is 22.3 Å². The van der Waals surface area contributed by atoms with E-state index in [0.717, 1.165) is 11.5 Å². The van der Waals surface area contributed by atoms with Gasteiger partial charge in [0, 0.05) is 0 Å². The zero-order valence-corrected chi connectivity index (χ0v) is 28.4. The third kappa shape index (κ3) is 4.79. The third-order valence-corrected chi connectivity index (χ3v) is 40.4. The Morgan fingerprint density at radius 2 is 0.628 bits per heavy atom. The molecule has 0 bridgehead atoms. The summed E-state index contributed by atoms with van der Waals surface area (Å²) in [6.07, 6.45) is 0. The summed E-state index contributed by atoms with van der Waals surface area (Å²) < 4.78 is 0.849. The second-order valence-electron chi connectivity index (χ2n) is 11.5. The Hall–Kier alpha value is -3.18. The summed E-state index contributed by atoms with van der Waals surface area (Å²) in [5.41, 5.74) is 14.8. The summed E-state index contributed by atoms with van der Waals surface area (Å²) in [5.74, 6) is 2.08.